The number of rotatable bonds is 4. The zero-order chi connectivity index (χ0) is 18.6. The van der Waals surface area contributed by atoms with Crippen molar-refractivity contribution in [3.05, 3.63) is 79.9 Å². The molecule has 0 saturated heterocycles. The van der Waals surface area contributed by atoms with Crippen LogP contribution >= 0.6 is 15.9 Å². The van der Waals surface area contributed by atoms with Crippen LogP contribution in [-0.2, 0) is 6.18 Å². The fraction of sp³-hybridized carbons (Fsp3) is 0.111. The van der Waals surface area contributed by atoms with Gasteiger partial charge in [0.1, 0.15) is 0 Å². The van der Waals surface area contributed by atoms with Crippen LogP contribution in [0.15, 0.2) is 57.8 Å². The minimum absolute atomic E-state index is 0.0931. The summed E-state index contributed by atoms with van der Waals surface area (Å²) in [5, 5.41) is 2.70. The Morgan fingerprint density at radius 2 is 1.88 bits per heavy atom. The molecule has 2 aromatic carbocycles. The van der Waals surface area contributed by atoms with Crippen molar-refractivity contribution in [2.75, 3.05) is 12.4 Å². The van der Waals surface area contributed by atoms with Crippen LogP contribution in [0.5, 0.6) is 0 Å². The van der Waals surface area contributed by atoms with E-state index in [2.05, 4.69) is 21.2 Å². The fourth-order valence-corrected chi connectivity index (χ4v) is 2.46. The molecule has 7 heteroatoms. The summed E-state index contributed by atoms with van der Waals surface area (Å²) in [6, 6.07) is 9.09. The van der Waals surface area contributed by atoms with Crippen LogP contribution in [0.1, 0.15) is 21.5 Å². The molecule has 0 aliphatic rings. The third-order valence-corrected chi connectivity index (χ3v) is 3.85. The van der Waals surface area contributed by atoms with E-state index < -0.39 is 23.0 Å². The van der Waals surface area contributed by atoms with Crippen LogP contribution in [-0.4, -0.2) is 12.8 Å². The second kappa shape index (κ2) is 7.65. The Bertz CT molecular complexity index is 892. The topological polar surface area (TPSA) is 46.2 Å². The molecule has 0 radical (unpaired) electrons. The van der Waals surface area contributed by atoms with Crippen LogP contribution in [0, 0.1) is 0 Å². The number of anilines is 1. The summed E-state index contributed by atoms with van der Waals surface area (Å²) >= 11 is 3.22. The maximum atomic E-state index is 12.7. The number of benzene rings is 1. The minimum atomic E-state index is -4.46. The summed E-state index contributed by atoms with van der Waals surface area (Å²) in [5.41, 5.74) is -0.945. The van der Waals surface area contributed by atoms with E-state index in [1.54, 1.807) is 13.1 Å². The van der Waals surface area contributed by atoms with Gasteiger partial charge >= 0.3 is 6.18 Å². The Morgan fingerprint density at radius 3 is 2.52 bits per heavy atom. The summed E-state index contributed by atoms with van der Waals surface area (Å²) in [6.07, 6.45) is -2.13. The first-order valence-corrected chi connectivity index (χ1v) is 7.93. The summed E-state index contributed by atoms with van der Waals surface area (Å²) in [5.74, 6) is -0.601. The SMILES string of the molecule is CNc1ccc(Br)cc(C(=O)/C=C/c2cccc(C(F)(F)F)c2)c1=O. The van der Waals surface area contributed by atoms with Gasteiger partial charge in [0.05, 0.1) is 16.8 Å². The van der Waals surface area contributed by atoms with Gasteiger partial charge in [-0.2, -0.15) is 13.2 Å². The first kappa shape index (κ1) is 18.9. The standard InChI is InChI=1S/C18H13BrF3NO2/c1-23-15-7-6-13(19)10-14(17(15)25)16(24)8-5-11-3-2-4-12(9-11)18(20,21)22/h2-10H,1H3,(H,23,25)/b8-5+. The van der Waals surface area contributed by atoms with Gasteiger partial charge in [-0.1, -0.05) is 34.1 Å². The number of hydrogen-bond acceptors (Lipinski definition) is 3. The van der Waals surface area contributed by atoms with Crippen molar-refractivity contribution in [2.24, 2.45) is 0 Å². The monoisotopic (exact) mass is 411 g/mol. The van der Waals surface area contributed by atoms with Gasteiger partial charge in [-0.3, -0.25) is 9.59 Å². The second-order valence-corrected chi connectivity index (χ2v) is 6.01. The molecule has 1 N–H and O–H groups in total. The first-order chi connectivity index (χ1) is 11.7. The molecule has 3 nitrogen and oxygen atoms in total. The fourth-order valence-electron chi connectivity index (χ4n) is 2.10. The first-order valence-electron chi connectivity index (χ1n) is 7.13. The lowest BCUT2D eigenvalue weighted by atomic mass is 10.1. The average molecular weight is 412 g/mol. The molecule has 130 valence electrons. The highest BCUT2D eigenvalue weighted by molar-refractivity contribution is 9.10. The van der Waals surface area contributed by atoms with Crippen molar-refractivity contribution in [1.29, 1.82) is 0 Å². The number of alkyl halides is 3. The highest BCUT2D eigenvalue weighted by atomic mass is 79.9. The molecule has 0 aromatic heterocycles. The molecule has 0 spiro atoms. The lowest BCUT2D eigenvalue weighted by Crippen LogP contribution is -2.14. The number of hydrogen-bond donors (Lipinski definition) is 1. The van der Waals surface area contributed by atoms with Crippen LogP contribution in [0.25, 0.3) is 6.08 Å². The normalized spacial score (nSPS) is 11.6. The maximum absolute atomic E-state index is 12.7. The molecule has 0 saturated carbocycles. The van der Waals surface area contributed by atoms with Crippen LogP contribution in [0.2, 0.25) is 0 Å². The van der Waals surface area contributed by atoms with E-state index in [1.807, 2.05) is 0 Å². The number of halogens is 4. The van der Waals surface area contributed by atoms with Crippen molar-refractivity contribution >= 4 is 33.5 Å². The molecule has 2 aromatic rings. The second-order valence-electron chi connectivity index (χ2n) is 5.09. The summed E-state index contributed by atoms with van der Waals surface area (Å²) in [7, 11) is 1.55. The van der Waals surface area contributed by atoms with Gasteiger partial charge in [-0.05, 0) is 42.0 Å². The van der Waals surface area contributed by atoms with Crippen molar-refractivity contribution in [3.8, 4) is 0 Å². The Hall–Kier alpha value is -2.41. The van der Waals surface area contributed by atoms with E-state index >= 15 is 0 Å². The molecule has 0 aliphatic carbocycles. The molecular formula is C18H13BrF3NO2. The summed E-state index contributed by atoms with van der Waals surface area (Å²) in [4.78, 5) is 24.6. The van der Waals surface area contributed by atoms with Gasteiger partial charge in [0.25, 0.3) is 0 Å². The zero-order valence-corrected chi connectivity index (χ0v) is 14.6. The van der Waals surface area contributed by atoms with E-state index in [0.29, 0.717) is 4.47 Å². The van der Waals surface area contributed by atoms with Crippen LogP contribution < -0.4 is 10.7 Å². The molecule has 0 aliphatic heterocycles. The highest BCUT2D eigenvalue weighted by Gasteiger charge is 2.30. The number of carbonyl (C=O) groups is 1. The number of nitrogens with one attached hydrogen (secondary N) is 1. The number of carbonyl (C=O) groups excluding carboxylic acids is 1. The van der Waals surface area contributed by atoms with Crippen LogP contribution in [0.3, 0.4) is 0 Å². The molecule has 0 heterocycles. The lowest BCUT2D eigenvalue weighted by Gasteiger charge is -2.06. The summed E-state index contributed by atoms with van der Waals surface area (Å²) < 4.78 is 38.7. The Labute approximate surface area is 150 Å². The Balaban J connectivity index is 2.38. The molecule has 0 atom stereocenters. The number of ketones is 1. The zero-order valence-electron chi connectivity index (χ0n) is 13.0. The molecule has 0 unspecified atom stereocenters. The van der Waals surface area contributed by atoms with Gasteiger partial charge in [0.15, 0.2) is 5.78 Å². The molecule has 2 rings (SSSR count). The lowest BCUT2D eigenvalue weighted by molar-refractivity contribution is -0.137. The van der Waals surface area contributed by atoms with Crippen LogP contribution in [0.4, 0.5) is 18.9 Å². The van der Waals surface area contributed by atoms with Gasteiger partial charge in [-0.25, -0.2) is 0 Å². The van der Waals surface area contributed by atoms with Crippen molar-refractivity contribution in [2.45, 2.75) is 6.18 Å². The van der Waals surface area contributed by atoms with Gasteiger partial charge in [-0.15, -0.1) is 0 Å². The third-order valence-electron chi connectivity index (χ3n) is 3.36. The highest BCUT2D eigenvalue weighted by Crippen LogP contribution is 2.29. The number of allylic oxidation sites excluding steroid dienone is 1. The van der Waals surface area contributed by atoms with E-state index in [9.17, 15) is 22.8 Å². The minimum Gasteiger partial charge on any atom is -0.385 e. The van der Waals surface area contributed by atoms with E-state index in [1.165, 1.54) is 30.3 Å². The maximum Gasteiger partial charge on any atom is 0.416 e. The van der Waals surface area contributed by atoms with Gasteiger partial charge in [0.2, 0.25) is 5.43 Å². The predicted molar refractivity (Wildman–Crippen MR) is 94.8 cm³/mol. The van der Waals surface area contributed by atoms with Gasteiger partial charge < -0.3 is 5.32 Å². The van der Waals surface area contributed by atoms with Gasteiger partial charge in [0, 0.05) is 11.5 Å². The smallest absolute Gasteiger partial charge is 0.385 e. The molecule has 0 fully saturated rings. The molecule has 0 amide bonds. The van der Waals surface area contributed by atoms with Crippen molar-refractivity contribution < 1.29 is 18.0 Å². The predicted octanol–water partition coefficient (Wildman–Crippen LogP) is 4.77. The third kappa shape index (κ3) is 4.79. The van der Waals surface area contributed by atoms with E-state index in [0.717, 1.165) is 18.2 Å². The quantitative estimate of drug-likeness (QED) is 0.582. The van der Waals surface area contributed by atoms with Crippen molar-refractivity contribution in [3.63, 3.8) is 0 Å². The molecule has 0 bridgehead atoms. The van der Waals surface area contributed by atoms with E-state index in [-0.39, 0.29) is 16.8 Å². The Kier molecular flexibility index (Phi) is 5.79. The molecular weight excluding hydrogens is 399 g/mol. The largest absolute Gasteiger partial charge is 0.416 e. The molecule has 25 heavy (non-hydrogen) atoms. The average Bonchev–Trinajstić information content (AvgIpc) is 2.71. The van der Waals surface area contributed by atoms with E-state index in [4.69, 9.17) is 0 Å². The van der Waals surface area contributed by atoms with Crippen molar-refractivity contribution in [1.82, 2.24) is 0 Å². The summed E-state index contributed by atoms with van der Waals surface area (Å²) in [6.45, 7) is 0. The Morgan fingerprint density at radius 1 is 1.16 bits per heavy atom.